The van der Waals surface area contributed by atoms with E-state index in [0.717, 1.165) is 42.5 Å². The number of pyridine rings is 2. The van der Waals surface area contributed by atoms with Crippen molar-refractivity contribution in [3.05, 3.63) is 47.4 Å². The molecule has 1 aliphatic rings. The van der Waals surface area contributed by atoms with Crippen LogP contribution in [0.2, 0.25) is 0 Å². The van der Waals surface area contributed by atoms with Crippen LogP contribution in [0.1, 0.15) is 23.4 Å². The lowest BCUT2D eigenvalue weighted by Gasteiger charge is -2.13. The minimum atomic E-state index is 0.237. The summed E-state index contributed by atoms with van der Waals surface area (Å²) in [5, 5.41) is 15.4. The predicted octanol–water partition coefficient (Wildman–Crippen LogP) is 2.01. The van der Waals surface area contributed by atoms with Crippen molar-refractivity contribution < 1.29 is 4.74 Å². The lowest BCUT2D eigenvalue weighted by atomic mass is 10.2. The van der Waals surface area contributed by atoms with E-state index in [1.54, 1.807) is 18.3 Å². The number of aryl methyl sites for hydroxylation is 1. The first-order valence-corrected chi connectivity index (χ1v) is 7.68. The molecule has 2 N–H and O–H groups in total. The van der Waals surface area contributed by atoms with Crippen molar-refractivity contribution in [2.45, 2.75) is 26.0 Å². The zero-order chi connectivity index (χ0) is 16.1. The number of hydrogen-bond acceptors (Lipinski definition) is 6. The highest BCUT2D eigenvalue weighted by Crippen LogP contribution is 2.16. The van der Waals surface area contributed by atoms with Crippen molar-refractivity contribution in [3.63, 3.8) is 0 Å². The molecule has 1 unspecified atom stereocenters. The van der Waals surface area contributed by atoms with E-state index in [9.17, 15) is 0 Å². The molecule has 0 amide bonds. The first kappa shape index (κ1) is 15.3. The van der Waals surface area contributed by atoms with E-state index in [4.69, 9.17) is 10.00 Å². The number of nitrogens with zero attached hydrogens (tertiary/aromatic N) is 3. The fraction of sp³-hybridized carbons (Fsp3) is 0.353. The Morgan fingerprint density at radius 2 is 2.35 bits per heavy atom. The van der Waals surface area contributed by atoms with Gasteiger partial charge in [-0.05, 0) is 38.1 Å². The average molecular weight is 309 g/mol. The third-order valence-corrected chi connectivity index (χ3v) is 3.76. The summed E-state index contributed by atoms with van der Waals surface area (Å²) in [5.74, 6) is 1.57. The topological polar surface area (TPSA) is 82.9 Å². The van der Waals surface area contributed by atoms with Crippen LogP contribution < -0.4 is 15.4 Å². The van der Waals surface area contributed by atoms with Gasteiger partial charge in [0.15, 0.2) is 0 Å². The molecule has 1 fully saturated rings. The molecule has 0 aromatic carbocycles. The maximum Gasteiger partial charge on any atom is 0.126 e. The summed E-state index contributed by atoms with van der Waals surface area (Å²) in [4.78, 5) is 8.71. The Labute approximate surface area is 135 Å². The first-order chi connectivity index (χ1) is 11.2. The van der Waals surface area contributed by atoms with Gasteiger partial charge in [-0.15, -0.1) is 0 Å². The van der Waals surface area contributed by atoms with Crippen LogP contribution in [0.5, 0.6) is 5.75 Å². The van der Waals surface area contributed by atoms with Gasteiger partial charge in [-0.25, -0.2) is 4.98 Å². The fourth-order valence-corrected chi connectivity index (χ4v) is 2.51. The normalized spacial score (nSPS) is 16.8. The zero-order valence-electron chi connectivity index (χ0n) is 13.0. The quantitative estimate of drug-likeness (QED) is 0.879. The van der Waals surface area contributed by atoms with Crippen LogP contribution in [0.3, 0.4) is 0 Å². The summed E-state index contributed by atoms with van der Waals surface area (Å²) in [6.07, 6.45) is 3.03. The van der Waals surface area contributed by atoms with E-state index in [1.165, 1.54) is 0 Å². The largest absolute Gasteiger partial charge is 0.489 e. The number of aromatic nitrogens is 2. The molecular weight excluding hydrogens is 290 g/mol. The minimum Gasteiger partial charge on any atom is -0.489 e. The van der Waals surface area contributed by atoms with Crippen LogP contribution in [0.15, 0.2) is 30.5 Å². The van der Waals surface area contributed by atoms with Crippen LogP contribution in [0.25, 0.3) is 0 Å². The monoisotopic (exact) mass is 309 g/mol. The van der Waals surface area contributed by atoms with Crippen molar-refractivity contribution in [1.29, 1.82) is 5.26 Å². The van der Waals surface area contributed by atoms with Crippen LogP contribution >= 0.6 is 0 Å². The summed E-state index contributed by atoms with van der Waals surface area (Å²) in [5.41, 5.74) is 2.20. The molecule has 23 heavy (non-hydrogen) atoms. The Hall–Kier alpha value is -2.65. The number of anilines is 1. The van der Waals surface area contributed by atoms with Gasteiger partial charge in [-0.2, -0.15) is 5.26 Å². The smallest absolute Gasteiger partial charge is 0.126 e. The molecule has 0 bridgehead atoms. The number of nitriles is 1. The lowest BCUT2D eigenvalue weighted by molar-refractivity contribution is 0.222. The molecular formula is C17H19N5O. The van der Waals surface area contributed by atoms with Crippen LogP contribution in [-0.2, 0) is 6.54 Å². The Morgan fingerprint density at radius 1 is 1.43 bits per heavy atom. The Bertz CT molecular complexity index is 719. The molecule has 0 spiro atoms. The third-order valence-electron chi connectivity index (χ3n) is 3.76. The van der Waals surface area contributed by atoms with E-state index in [0.29, 0.717) is 12.1 Å². The molecule has 118 valence electrons. The molecule has 3 heterocycles. The Kier molecular flexibility index (Phi) is 4.69. The highest BCUT2D eigenvalue weighted by Gasteiger charge is 2.15. The maximum absolute atomic E-state index is 8.93. The highest BCUT2D eigenvalue weighted by atomic mass is 16.5. The summed E-state index contributed by atoms with van der Waals surface area (Å²) in [6.45, 7) is 4.28. The standard InChI is InChI=1S/C17H19N5O/c1-12-13(9-18)2-3-17(22-12)21-10-14-8-15(5-7-20-14)23-16-4-6-19-11-16/h2-3,5,7-8,16,19H,4,6,10-11H2,1H3,(H,21,22). The molecule has 1 saturated heterocycles. The fourth-order valence-electron chi connectivity index (χ4n) is 2.51. The van der Waals surface area contributed by atoms with Crippen LogP contribution in [0.4, 0.5) is 5.82 Å². The van der Waals surface area contributed by atoms with Gasteiger partial charge in [0.05, 0.1) is 23.5 Å². The number of nitrogens with one attached hydrogen (secondary N) is 2. The van der Waals surface area contributed by atoms with Gasteiger partial charge >= 0.3 is 0 Å². The minimum absolute atomic E-state index is 0.237. The first-order valence-electron chi connectivity index (χ1n) is 7.68. The van der Waals surface area contributed by atoms with Gasteiger partial charge in [0, 0.05) is 18.8 Å². The summed E-state index contributed by atoms with van der Waals surface area (Å²) in [7, 11) is 0. The molecule has 2 aromatic rings. The van der Waals surface area contributed by atoms with E-state index in [-0.39, 0.29) is 6.10 Å². The second-order valence-corrected chi connectivity index (χ2v) is 5.51. The van der Waals surface area contributed by atoms with Gasteiger partial charge in [-0.1, -0.05) is 0 Å². The van der Waals surface area contributed by atoms with Crippen molar-refractivity contribution in [3.8, 4) is 11.8 Å². The van der Waals surface area contributed by atoms with E-state index in [1.807, 2.05) is 19.1 Å². The van der Waals surface area contributed by atoms with Crippen molar-refractivity contribution in [2.24, 2.45) is 0 Å². The highest BCUT2D eigenvalue weighted by molar-refractivity contribution is 5.43. The van der Waals surface area contributed by atoms with Gasteiger partial charge in [0.2, 0.25) is 0 Å². The molecule has 3 rings (SSSR count). The molecule has 6 nitrogen and oxygen atoms in total. The summed E-state index contributed by atoms with van der Waals surface area (Å²) < 4.78 is 5.94. The molecule has 1 aliphatic heterocycles. The van der Waals surface area contributed by atoms with Gasteiger partial charge in [0.25, 0.3) is 0 Å². The van der Waals surface area contributed by atoms with E-state index >= 15 is 0 Å². The molecule has 6 heteroatoms. The molecule has 2 aromatic heterocycles. The predicted molar refractivity (Wildman–Crippen MR) is 87.2 cm³/mol. The summed E-state index contributed by atoms with van der Waals surface area (Å²) in [6, 6.07) is 9.51. The third kappa shape index (κ3) is 3.96. The number of hydrogen-bond donors (Lipinski definition) is 2. The van der Waals surface area contributed by atoms with Gasteiger partial charge in [-0.3, -0.25) is 4.98 Å². The van der Waals surface area contributed by atoms with E-state index in [2.05, 4.69) is 26.7 Å². The van der Waals surface area contributed by atoms with Crippen molar-refractivity contribution in [1.82, 2.24) is 15.3 Å². The second kappa shape index (κ2) is 7.07. The zero-order valence-corrected chi connectivity index (χ0v) is 13.0. The van der Waals surface area contributed by atoms with Crippen LogP contribution in [0, 0.1) is 18.3 Å². The summed E-state index contributed by atoms with van der Waals surface area (Å²) >= 11 is 0. The number of ether oxygens (including phenoxy) is 1. The molecule has 1 atom stereocenters. The van der Waals surface area contributed by atoms with Crippen molar-refractivity contribution in [2.75, 3.05) is 18.4 Å². The maximum atomic E-state index is 8.93. The lowest BCUT2D eigenvalue weighted by Crippen LogP contribution is -2.19. The van der Waals surface area contributed by atoms with Gasteiger partial charge in [0.1, 0.15) is 23.7 Å². The van der Waals surface area contributed by atoms with Gasteiger partial charge < -0.3 is 15.4 Å². The second-order valence-electron chi connectivity index (χ2n) is 5.51. The van der Waals surface area contributed by atoms with Crippen LogP contribution in [-0.4, -0.2) is 29.2 Å². The Balaban J connectivity index is 1.61. The average Bonchev–Trinajstić information content (AvgIpc) is 3.06. The number of rotatable bonds is 5. The SMILES string of the molecule is Cc1nc(NCc2cc(OC3CCNC3)ccn2)ccc1C#N. The molecule has 0 aliphatic carbocycles. The van der Waals surface area contributed by atoms with E-state index < -0.39 is 0 Å². The van der Waals surface area contributed by atoms with Crippen molar-refractivity contribution >= 4 is 5.82 Å². The molecule has 0 saturated carbocycles. The Morgan fingerprint density at radius 3 is 3.09 bits per heavy atom. The molecule has 0 radical (unpaired) electrons.